The van der Waals surface area contributed by atoms with Crippen LogP contribution in [0.2, 0.25) is 5.02 Å². The molecule has 262 valence electrons. The molecule has 1 saturated heterocycles. The van der Waals surface area contributed by atoms with E-state index in [1.54, 1.807) is 30.5 Å². The maximum atomic E-state index is 13.0. The van der Waals surface area contributed by atoms with E-state index < -0.39 is 0 Å². The summed E-state index contributed by atoms with van der Waals surface area (Å²) in [5.74, 6) is 2.48. The second-order valence-electron chi connectivity index (χ2n) is 13.0. The molecule has 6 rings (SSSR count). The van der Waals surface area contributed by atoms with Gasteiger partial charge in [0.05, 0.1) is 17.8 Å². The SMILES string of the molecule is Cc1ccc(COc2ccc(Oc3c(C)cc(/C=C/C(=O)N4CCC(Nc5ccc(CCOc6ccc(C)cc6)cc5)CC4)cc3Cl)nc2)cc1. The Labute approximate surface area is 305 Å². The molecule has 1 aliphatic rings. The van der Waals surface area contributed by atoms with Crippen LogP contribution in [0, 0.1) is 20.8 Å². The third-order valence-corrected chi connectivity index (χ3v) is 9.20. The summed E-state index contributed by atoms with van der Waals surface area (Å²) in [4.78, 5) is 19.3. The molecule has 0 unspecified atom stereocenters. The maximum Gasteiger partial charge on any atom is 0.246 e. The number of anilines is 1. The number of aromatic nitrogens is 1. The number of aryl methyl sites for hydroxylation is 3. The fraction of sp³-hybridized carbons (Fsp3) is 0.256. The molecule has 0 atom stereocenters. The minimum atomic E-state index is -0.00588. The van der Waals surface area contributed by atoms with Gasteiger partial charge in [0.2, 0.25) is 11.8 Å². The first-order chi connectivity index (χ1) is 24.8. The van der Waals surface area contributed by atoms with Gasteiger partial charge in [-0.1, -0.05) is 71.3 Å². The van der Waals surface area contributed by atoms with Gasteiger partial charge in [0.1, 0.15) is 18.1 Å². The second kappa shape index (κ2) is 17.1. The third kappa shape index (κ3) is 10.4. The predicted molar refractivity (Wildman–Crippen MR) is 205 cm³/mol. The minimum Gasteiger partial charge on any atom is -0.493 e. The molecule has 0 radical (unpaired) electrons. The van der Waals surface area contributed by atoms with E-state index in [1.165, 1.54) is 16.7 Å². The van der Waals surface area contributed by atoms with Crippen molar-refractivity contribution in [2.24, 2.45) is 0 Å². The summed E-state index contributed by atoms with van der Waals surface area (Å²) in [6, 6.07) is 32.6. The van der Waals surface area contributed by atoms with Crippen molar-refractivity contribution >= 4 is 29.3 Å². The lowest BCUT2D eigenvalue weighted by molar-refractivity contribution is -0.126. The number of carbonyl (C=O) groups is 1. The number of rotatable bonds is 13. The number of benzene rings is 4. The number of hydrogen-bond acceptors (Lipinski definition) is 6. The summed E-state index contributed by atoms with van der Waals surface area (Å²) in [7, 11) is 0. The van der Waals surface area contributed by atoms with Crippen molar-refractivity contribution in [1.29, 1.82) is 0 Å². The van der Waals surface area contributed by atoms with Crippen LogP contribution in [0.5, 0.6) is 23.1 Å². The fourth-order valence-electron chi connectivity index (χ4n) is 5.89. The first-order valence-electron chi connectivity index (χ1n) is 17.4. The van der Waals surface area contributed by atoms with Crippen molar-refractivity contribution in [3.63, 3.8) is 0 Å². The topological polar surface area (TPSA) is 72.9 Å². The Morgan fingerprint density at radius 2 is 1.51 bits per heavy atom. The summed E-state index contributed by atoms with van der Waals surface area (Å²) < 4.78 is 17.8. The quantitative estimate of drug-likeness (QED) is 0.123. The fourth-order valence-corrected chi connectivity index (χ4v) is 6.21. The largest absolute Gasteiger partial charge is 0.493 e. The van der Waals surface area contributed by atoms with E-state index in [-0.39, 0.29) is 5.91 Å². The number of amides is 1. The Bertz CT molecular complexity index is 1890. The number of pyridine rings is 1. The van der Waals surface area contributed by atoms with Gasteiger partial charge >= 0.3 is 0 Å². The van der Waals surface area contributed by atoms with E-state index in [0.717, 1.165) is 47.4 Å². The van der Waals surface area contributed by atoms with Crippen LogP contribution in [0.15, 0.2) is 109 Å². The molecule has 0 saturated carbocycles. The standard InChI is InChI=1S/C43H44ClN3O4/c1-30-4-8-34(9-5-30)29-50-39-17-18-41(45-28-39)51-43-32(3)26-35(27-40(43)44)12-19-42(48)47-23-20-37(21-24-47)46-36-13-10-33(11-14-36)22-25-49-38-15-6-31(2)7-16-38/h4-19,26-28,37,46H,20-25,29H2,1-3H3/b19-12+. The number of piperidine rings is 1. The molecule has 1 aliphatic heterocycles. The molecule has 0 bridgehead atoms. The third-order valence-electron chi connectivity index (χ3n) is 8.92. The number of hydrogen-bond donors (Lipinski definition) is 1. The zero-order valence-electron chi connectivity index (χ0n) is 29.4. The van der Waals surface area contributed by atoms with Gasteiger partial charge in [0.15, 0.2) is 5.75 Å². The van der Waals surface area contributed by atoms with E-state index in [9.17, 15) is 4.79 Å². The van der Waals surface area contributed by atoms with Crippen LogP contribution in [0.1, 0.15) is 46.2 Å². The lowest BCUT2D eigenvalue weighted by Crippen LogP contribution is -2.41. The molecule has 8 heteroatoms. The number of carbonyl (C=O) groups excluding carboxylic acids is 1. The number of halogens is 1. The van der Waals surface area contributed by atoms with E-state index in [2.05, 4.69) is 72.7 Å². The highest BCUT2D eigenvalue weighted by Crippen LogP contribution is 2.34. The average Bonchev–Trinajstić information content (AvgIpc) is 3.14. The van der Waals surface area contributed by atoms with E-state index in [1.807, 2.05) is 48.2 Å². The number of nitrogens with one attached hydrogen (secondary N) is 1. The van der Waals surface area contributed by atoms with Gasteiger partial charge in [-0.2, -0.15) is 0 Å². The minimum absolute atomic E-state index is 0.00588. The van der Waals surface area contributed by atoms with Crippen LogP contribution in [0.25, 0.3) is 6.08 Å². The van der Waals surface area contributed by atoms with E-state index >= 15 is 0 Å². The highest BCUT2D eigenvalue weighted by atomic mass is 35.5. The van der Waals surface area contributed by atoms with Gasteiger partial charge in [0.25, 0.3) is 0 Å². The zero-order chi connectivity index (χ0) is 35.6. The molecule has 1 amide bonds. The van der Waals surface area contributed by atoms with E-state index in [0.29, 0.717) is 54.7 Å². The molecule has 5 aromatic rings. The Kier molecular flexibility index (Phi) is 11.9. The average molecular weight is 702 g/mol. The highest BCUT2D eigenvalue weighted by molar-refractivity contribution is 6.32. The number of ether oxygens (including phenoxy) is 3. The van der Waals surface area contributed by atoms with Crippen LogP contribution >= 0.6 is 11.6 Å². The van der Waals surface area contributed by atoms with Gasteiger partial charge in [-0.25, -0.2) is 4.98 Å². The van der Waals surface area contributed by atoms with Crippen LogP contribution in [0.3, 0.4) is 0 Å². The Morgan fingerprint density at radius 1 is 0.843 bits per heavy atom. The Balaban J connectivity index is 0.931. The van der Waals surface area contributed by atoms with Gasteiger partial charge in [-0.3, -0.25) is 4.79 Å². The summed E-state index contributed by atoms with van der Waals surface area (Å²) in [5.41, 5.74) is 7.53. The van der Waals surface area contributed by atoms with Crippen molar-refractivity contribution < 1.29 is 19.0 Å². The van der Waals surface area contributed by atoms with Gasteiger partial charge in [-0.05, 0) is 104 Å². The zero-order valence-corrected chi connectivity index (χ0v) is 30.2. The first-order valence-corrected chi connectivity index (χ1v) is 17.8. The first kappa shape index (κ1) is 35.6. The predicted octanol–water partition coefficient (Wildman–Crippen LogP) is 9.77. The van der Waals surface area contributed by atoms with Crippen molar-refractivity contribution in [3.05, 3.63) is 148 Å². The smallest absolute Gasteiger partial charge is 0.246 e. The summed E-state index contributed by atoms with van der Waals surface area (Å²) in [6.45, 7) is 8.55. The summed E-state index contributed by atoms with van der Waals surface area (Å²) >= 11 is 6.63. The summed E-state index contributed by atoms with van der Waals surface area (Å²) in [5, 5.41) is 4.08. The molecule has 1 aromatic heterocycles. The van der Waals surface area contributed by atoms with Crippen molar-refractivity contribution in [2.45, 2.75) is 52.7 Å². The summed E-state index contributed by atoms with van der Waals surface area (Å²) in [6.07, 6.45) is 7.69. The van der Waals surface area contributed by atoms with Crippen LogP contribution in [0.4, 0.5) is 5.69 Å². The van der Waals surface area contributed by atoms with Gasteiger partial charge in [-0.15, -0.1) is 0 Å². The van der Waals surface area contributed by atoms with E-state index in [4.69, 9.17) is 25.8 Å². The molecular weight excluding hydrogens is 658 g/mol. The lowest BCUT2D eigenvalue weighted by atomic mass is 10.0. The normalized spacial score (nSPS) is 13.3. The molecule has 51 heavy (non-hydrogen) atoms. The molecule has 0 spiro atoms. The van der Waals surface area contributed by atoms with Crippen LogP contribution in [-0.4, -0.2) is 41.5 Å². The molecule has 4 aromatic carbocycles. The molecule has 1 fully saturated rings. The molecule has 0 aliphatic carbocycles. The molecular formula is C43H44ClN3O4. The molecule has 1 N–H and O–H groups in total. The van der Waals surface area contributed by atoms with Gasteiger partial charge < -0.3 is 24.4 Å². The molecule has 7 nitrogen and oxygen atoms in total. The lowest BCUT2D eigenvalue weighted by Gasteiger charge is -2.32. The maximum absolute atomic E-state index is 13.0. The Hall–Kier alpha value is -5.27. The van der Waals surface area contributed by atoms with Crippen molar-refractivity contribution in [1.82, 2.24) is 9.88 Å². The second-order valence-corrected chi connectivity index (χ2v) is 13.5. The van der Waals surface area contributed by atoms with Gasteiger partial charge in [0, 0.05) is 43.4 Å². The highest BCUT2D eigenvalue weighted by Gasteiger charge is 2.21. The number of likely N-dealkylation sites (tertiary alicyclic amines) is 1. The van der Waals surface area contributed by atoms with Crippen LogP contribution < -0.4 is 19.5 Å². The van der Waals surface area contributed by atoms with Crippen molar-refractivity contribution in [3.8, 4) is 23.1 Å². The van der Waals surface area contributed by atoms with Crippen molar-refractivity contribution in [2.75, 3.05) is 25.0 Å². The Morgan fingerprint density at radius 3 is 2.18 bits per heavy atom. The monoisotopic (exact) mass is 701 g/mol. The van der Waals surface area contributed by atoms with Crippen LogP contribution in [-0.2, 0) is 17.8 Å². The number of nitrogens with zero attached hydrogens (tertiary/aromatic N) is 2. The molecule has 2 heterocycles.